The maximum atomic E-state index is 5.53. The van der Waals surface area contributed by atoms with Crippen LogP contribution in [0.2, 0.25) is 0 Å². The Kier molecular flexibility index (Phi) is 4.84. The molecule has 1 heterocycles. The second-order valence-electron chi connectivity index (χ2n) is 4.29. The van der Waals surface area contributed by atoms with Crippen LogP contribution in [0.5, 0.6) is 5.88 Å². The first-order valence-electron chi connectivity index (χ1n) is 5.39. The lowest BCUT2D eigenvalue weighted by Crippen LogP contribution is -2.25. The molecule has 4 nitrogen and oxygen atoms in total. The number of ether oxygens (including phenoxy) is 2. The lowest BCUT2D eigenvalue weighted by molar-refractivity contribution is 0.00508. The first kappa shape index (κ1) is 13.9. The zero-order chi connectivity index (χ0) is 12.9. The topological polar surface area (TPSA) is 57.4 Å². The summed E-state index contributed by atoms with van der Waals surface area (Å²) in [7, 11) is 1.69. The number of nitrogens with zero attached hydrogens (tertiary/aromatic N) is 1. The molecule has 1 aromatic rings. The number of rotatable bonds is 6. The standard InChI is InChI=1S/C12H18N2O2S/c1-12(2,15-3)7-8-16-10-6-4-5-9(14-10)11(13)17/h4-6H,7-8H2,1-3H3,(H2,13,17). The summed E-state index contributed by atoms with van der Waals surface area (Å²) in [6.07, 6.45) is 0.780. The van der Waals surface area contributed by atoms with Gasteiger partial charge in [-0.05, 0) is 19.9 Å². The van der Waals surface area contributed by atoms with Gasteiger partial charge in [-0.3, -0.25) is 0 Å². The van der Waals surface area contributed by atoms with Crippen molar-refractivity contribution in [3.05, 3.63) is 23.9 Å². The molecule has 0 saturated heterocycles. The first-order valence-corrected chi connectivity index (χ1v) is 5.80. The van der Waals surface area contributed by atoms with Crippen LogP contribution in [0.4, 0.5) is 0 Å². The molecule has 2 N–H and O–H groups in total. The fourth-order valence-corrected chi connectivity index (χ4v) is 1.25. The first-order chi connectivity index (χ1) is 7.94. The largest absolute Gasteiger partial charge is 0.478 e. The molecule has 94 valence electrons. The van der Waals surface area contributed by atoms with E-state index in [0.717, 1.165) is 6.42 Å². The predicted molar refractivity (Wildman–Crippen MR) is 71.3 cm³/mol. The second kappa shape index (κ2) is 5.93. The minimum atomic E-state index is -0.194. The third kappa shape index (κ3) is 4.66. The molecule has 17 heavy (non-hydrogen) atoms. The Hall–Kier alpha value is -1.20. The maximum Gasteiger partial charge on any atom is 0.213 e. The van der Waals surface area contributed by atoms with Crippen LogP contribution < -0.4 is 10.5 Å². The highest BCUT2D eigenvalue weighted by molar-refractivity contribution is 7.80. The Morgan fingerprint density at radius 3 is 2.76 bits per heavy atom. The third-order valence-electron chi connectivity index (χ3n) is 2.48. The average molecular weight is 254 g/mol. The van der Waals surface area contributed by atoms with Crippen molar-refractivity contribution in [1.29, 1.82) is 0 Å². The van der Waals surface area contributed by atoms with Crippen molar-refractivity contribution < 1.29 is 9.47 Å². The van der Waals surface area contributed by atoms with Gasteiger partial charge in [-0.2, -0.15) is 0 Å². The van der Waals surface area contributed by atoms with Crippen molar-refractivity contribution in [3.63, 3.8) is 0 Å². The van der Waals surface area contributed by atoms with E-state index >= 15 is 0 Å². The van der Waals surface area contributed by atoms with E-state index < -0.39 is 0 Å². The minimum Gasteiger partial charge on any atom is -0.478 e. The van der Waals surface area contributed by atoms with Crippen LogP contribution >= 0.6 is 12.2 Å². The molecule has 0 bridgehead atoms. The Bertz CT molecular complexity index is 394. The van der Waals surface area contributed by atoms with Gasteiger partial charge >= 0.3 is 0 Å². The zero-order valence-corrected chi connectivity index (χ0v) is 11.2. The summed E-state index contributed by atoms with van der Waals surface area (Å²) >= 11 is 4.85. The normalized spacial score (nSPS) is 11.2. The molecule has 1 rings (SSSR count). The van der Waals surface area contributed by atoms with Crippen molar-refractivity contribution in [2.75, 3.05) is 13.7 Å². The van der Waals surface area contributed by atoms with Gasteiger partial charge in [0.05, 0.1) is 12.2 Å². The van der Waals surface area contributed by atoms with Gasteiger partial charge in [0.25, 0.3) is 0 Å². The van der Waals surface area contributed by atoms with Gasteiger partial charge in [-0.15, -0.1) is 0 Å². The molecule has 5 heteroatoms. The molecule has 0 unspecified atom stereocenters. The summed E-state index contributed by atoms with van der Waals surface area (Å²) in [5.41, 5.74) is 5.87. The van der Waals surface area contributed by atoms with Crippen LogP contribution in [0.3, 0.4) is 0 Å². The summed E-state index contributed by atoms with van der Waals surface area (Å²) in [5, 5.41) is 0. The van der Waals surface area contributed by atoms with Crippen LogP contribution in [0, 0.1) is 0 Å². The lowest BCUT2D eigenvalue weighted by Gasteiger charge is -2.22. The van der Waals surface area contributed by atoms with Gasteiger partial charge in [0.2, 0.25) is 5.88 Å². The van der Waals surface area contributed by atoms with Crippen LogP contribution in [-0.4, -0.2) is 29.3 Å². The highest BCUT2D eigenvalue weighted by atomic mass is 32.1. The van der Waals surface area contributed by atoms with E-state index in [-0.39, 0.29) is 10.6 Å². The van der Waals surface area contributed by atoms with Gasteiger partial charge in [-0.25, -0.2) is 4.98 Å². The van der Waals surface area contributed by atoms with Crippen molar-refractivity contribution in [3.8, 4) is 5.88 Å². The van der Waals surface area contributed by atoms with E-state index in [0.29, 0.717) is 18.2 Å². The van der Waals surface area contributed by atoms with Crippen molar-refractivity contribution in [2.45, 2.75) is 25.9 Å². The fourth-order valence-electron chi connectivity index (χ4n) is 1.14. The van der Waals surface area contributed by atoms with Gasteiger partial charge in [-0.1, -0.05) is 18.3 Å². The van der Waals surface area contributed by atoms with Gasteiger partial charge in [0, 0.05) is 19.6 Å². The molecule has 0 aromatic carbocycles. The number of methoxy groups -OCH3 is 1. The van der Waals surface area contributed by atoms with Crippen molar-refractivity contribution in [1.82, 2.24) is 4.98 Å². The SMILES string of the molecule is COC(C)(C)CCOc1cccc(C(N)=S)n1. The van der Waals surface area contributed by atoms with Crippen LogP contribution in [0.15, 0.2) is 18.2 Å². The lowest BCUT2D eigenvalue weighted by atomic mass is 10.1. The molecule has 1 aromatic heterocycles. The highest BCUT2D eigenvalue weighted by Gasteiger charge is 2.16. The number of aromatic nitrogens is 1. The molecule has 0 aliphatic rings. The number of pyridine rings is 1. The van der Waals surface area contributed by atoms with Crippen molar-refractivity contribution >= 4 is 17.2 Å². The summed E-state index contributed by atoms with van der Waals surface area (Å²) < 4.78 is 10.8. The Morgan fingerprint density at radius 2 is 2.18 bits per heavy atom. The summed E-state index contributed by atoms with van der Waals surface area (Å²) in [6, 6.07) is 5.36. The smallest absolute Gasteiger partial charge is 0.213 e. The van der Waals surface area contributed by atoms with Crippen LogP contribution in [-0.2, 0) is 4.74 Å². The monoisotopic (exact) mass is 254 g/mol. The number of nitrogens with two attached hydrogens (primary N) is 1. The van der Waals surface area contributed by atoms with E-state index in [1.54, 1.807) is 19.2 Å². The molecule has 0 radical (unpaired) electrons. The molecule has 0 atom stereocenters. The van der Waals surface area contributed by atoms with E-state index in [2.05, 4.69) is 4.98 Å². The Labute approximate surface area is 107 Å². The zero-order valence-electron chi connectivity index (χ0n) is 10.4. The predicted octanol–water partition coefficient (Wildman–Crippen LogP) is 1.91. The molecule has 0 amide bonds. The molecular formula is C12H18N2O2S. The Balaban J connectivity index is 2.52. The second-order valence-corrected chi connectivity index (χ2v) is 4.73. The summed E-state index contributed by atoms with van der Waals surface area (Å²) in [6.45, 7) is 4.55. The molecular weight excluding hydrogens is 236 g/mol. The summed E-state index contributed by atoms with van der Waals surface area (Å²) in [5.74, 6) is 0.530. The average Bonchev–Trinajstić information content (AvgIpc) is 2.29. The Morgan fingerprint density at radius 1 is 1.47 bits per heavy atom. The maximum absolute atomic E-state index is 5.53. The number of thiocarbonyl (C=S) groups is 1. The molecule has 0 fully saturated rings. The number of hydrogen-bond donors (Lipinski definition) is 1. The molecule has 0 aliphatic heterocycles. The quantitative estimate of drug-likeness (QED) is 0.786. The van der Waals surface area contributed by atoms with E-state index in [1.165, 1.54) is 0 Å². The number of hydrogen-bond acceptors (Lipinski definition) is 4. The highest BCUT2D eigenvalue weighted by Crippen LogP contribution is 2.14. The molecule has 0 aliphatic carbocycles. The molecule has 0 saturated carbocycles. The van der Waals surface area contributed by atoms with E-state index in [9.17, 15) is 0 Å². The summed E-state index contributed by atoms with van der Waals surface area (Å²) in [4.78, 5) is 4.46. The van der Waals surface area contributed by atoms with Crippen molar-refractivity contribution in [2.24, 2.45) is 5.73 Å². The van der Waals surface area contributed by atoms with Crippen LogP contribution in [0.25, 0.3) is 0 Å². The van der Waals surface area contributed by atoms with E-state index in [1.807, 2.05) is 19.9 Å². The van der Waals surface area contributed by atoms with E-state index in [4.69, 9.17) is 27.4 Å². The minimum absolute atomic E-state index is 0.194. The van der Waals surface area contributed by atoms with Crippen LogP contribution in [0.1, 0.15) is 26.0 Å². The third-order valence-corrected chi connectivity index (χ3v) is 2.69. The molecule has 0 spiro atoms. The van der Waals surface area contributed by atoms with Gasteiger partial charge in [0.15, 0.2) is 0 Å². The van der Waals surface area contributed by atoms with Gasteiger partial charge in [0.1, 0.15) is 10.7 Å². The fraction of sp³-hybridized carbons (Fsp3) is 0.500. The van der Waals surface area contributed by atoms with Gasteiger partial charge < -0.3 is 15.2 Å².